The maximum absolute atomic E-state index is 4.65. The van der Waals surface area contributed by atoms with Gasteiger partial charge in [0.25, 0.3) is 0 Å². The van der Waals surface area contributed by atoms with E-state index in [1.807, 2.05) is 6.20 Å². The normalized spacial score (nSPS) is 14.2. The second-order valence-electron chi connectivity index (χ2n) is 6.99. The van der Waals surface area contributed by atoms with Crippen molar-refractivity contribution < 1.29 is 0 Å². The largest absolute Gasteiger partial charge is 0.342 e. The molecule has 16 heavy (non-hydrogen) atoms. The Hall–Kier alpha value is -0.573. The van der Waals surface area contributed by atoms with Crippen LogP contribution < -0.4 is 5.45 Å². The summed E-state index contributed by atoms with van der Waals surface area (Å²) in [6.45, 7) is 16.6. The van der Waals surface area contributed by atoms with Crippen LogP contribution in [0.2, 0.25) is 16.6 Å². The van der Waals surface area contributed by atoms with Crippen LogP contribution in [0.25, 0.3) is 0 Å². The molecule has 0 fully saturated rings. The first-order valence-electron chi connectivity index (χ1n) is 5.99. The van der Waals surface area contributed by atoms with Crippen LogP contribution in [0.15, 0.2) is 12.4 Å². The van der Waals surface area contributed by atoms with Gasteiger partial charge in [-0.3, -0.25) is 0 Å². The molecule has 92 valence electrons. The van der Waals surface area contributed by atoms with Crippen LogP contribution in [0.4, 0.5) is 0 Å². The van der Waals surface area contributed by atoms with Crippen LogP contribution in [0.3, 0.4) is 0 Å². The summed E-state index contributed by atoms with van der Waals surface area (Å²) in [5.41, 5.74) is 1.31. The lowest BCUT2D eigenvalue weighted by Gasteiger charge is -2.48. The van der Waals surface area contributed by atoms with Crippen LogP contribution in [0.1, 0.15) is 41.5 Å². The molecule has 0 spiro atoms. The Bertz CT molecular complexity index is 352. The number of nitrogens with zero attached hydrogens (tertiary/aromatic N) is 2. The summed E-state index contributed by atoms with van der Waals surface area (Å²) < 4.78 is 2.21. The van der Waals surface area contributed by atoms with Crippen molar-refractivity contribution in [2.75, 3.05) is 0 Å². The van der Waals surface area contributed by atoms with Crippen LogP contribution in [-0.4, -0.2) is 17.6 Å². The SMILES string of the molecule is Cn1ccnc1[Si](C)(C(C)(C)C)C(C)(C)C. The molecule has 1 aromatic rings. The standard InChI is InChI=1S/C13H26N2Si/c1-12(2,3)16(8,13(4,5)6)11-14-9-10-15(11)7/h9-10H,1-8H3. The van der Waals surface area contributed by atoms with Crippen molar-refractivity contribution in [3.8, 4) is 0 Å². The first kappa shape index (κ1) is 13.5. The van der Waals surface area contributed by atoms with E-state index in [4.69, 9.17) is 0 Å². The lowest BCUT2D eigenvalue weighted by Crippen LogP contribution is -2.61. The zero-order chi connectivity index (χ0) is 12.8. The highest BCUT2D eigenvalue weighted by atomic mass is 28.3. The van der Waals surface area contributed by atoms with Gasteiger partial charge in [-0.05, 0) is 10.1 Å². The van der Waals surface area contributed by atoms with Gasteiger partial charge in [0.15, 0.2) is 0 Å². The van der Waals surface area contributed by atoms with E-state index < -0.39 is 8.07 Å². The molecule has 0 aliphatic carbocycles. The number of aromatic nitrogens is 2. The predicted molar refractivity (Wildman–Crippen MR) is 73.9 cm³/mol. The monoisotopic (exact) mass is 238 g/mol. The van der Waals surface area contributed by atoms with E-state index in [1.165, 1.54) is 5.45 Å². The van der Waals surface area contributed by atoms with Crippen molar-refractivity contribution in [1.82, 2.24) is 9.55 Å². The molecule has 0 unspecified atom stereocenters. The van der Waals surface area contributed by atoms with Crippen LogP contribution >= 0.6 is 0 Å². The lowest BCUT2D eigenvalue weighted by molar-refractivity contribution is 0.622. The van der Waals surface area contributed by atoms with E-state index in [0.717, 1.165) is 0 Å². The van der Waals surface area contributed by atoms with E-state index >= 15 is 0 Å². The molecule has 1 rings (SSSR count). The minimum absolute atomic E-state index is 0.310. The average Bonchev–Trinajstić information content (AvgIpc) is 2.46. The molecule has 0 saturated heterocycles. The highest BCUT2D eigenvalue weighted by Crippen LogP contribution is 2.49. The van der Waals surface area contributed by atoms with Gasteiger partial charge in [-0.15, -0.1) is 0 Å². The molecule has 0 amide bonds. The van der Waals surface area contributed by atoms with Gasteiger partial charge in [0, 0.05) is 19.4 Å². The molecule has 0 aromatic carbocycles. The first-order chi connectivity index (χ1) is 7.02. The summed E-state index contributed by atoms with van der Waals surface area (Å²) in [5, 5.41) is 0.620. The van der Waals surface area contributed by atoms with Gasteiger partial charge in [0.05, 0.1) is 5.45 Å². The Kier molecular flexibility index (Phi) is 3.14. The topological polar surface area (TPSA) is 17.8 Å². The zero-order valence-electron chi connectivity index (χ0n) is 12.0. The predicted octanol–water partition coefficient (Wildman–Crippen LogP) is 3.31. The summed E-state index contributed by atoms with van der Waals surface area (Å²) in [5.74, 6) is 0. The summed E-state index contributed by atoms with van der Waals surface area (Å²) in [6.07, 6.45) is 4.00. The van der Waals surface area contributed by atoms with Gasteiger partial charge in [0.1, 0.15) is 8.07 Å². The number of imidazole rings is 1. The van der Waals surface area contributed by atoms with E-state index in [-0.39, 0.29) is 0 Å². The van der Waals surface area contributed by atoms with Crippen molar-refractivity contribution in [3.05, 3.63) is 12.4 Å². The fraction of sp³-hybridized carbons (Fsp3) is 0.769. The van der Waals surface area contributed by atoms with Gasteiger partial charge in [-0.25, -0.2) is 4.98 Å². The molecule has 0 aliphatic heterocycles. The van der Waals surface area contributed by atoms with Gasteiger partial charge in [0.2, 0.25) is 0 Å². The summed E-state index contributed by atoms with van der Waals surface area (Å²) in [4.78, 5) is 4.65. The molecule has 3 heteroatoms. The van der Waals surface area contributed by atoms with Crippen LogP contribution in [-0.2, 0) is 7.05 Å². The maximum atomic E-state index is 4.65. The van der Waals surface area contributed by atoms with E-state index in [1.54, 1.807) is 0 Å². The van der Waals surface area contributed by atoms with Gasteiger partial charge < -0.3 is 4.57 Å². The Morgan fingerprint density at radius 2 is 1.50 bits per heavy atom. The maximum Gasteiger partial charge on any atom is 0.139 e. The minimum Gasteiger partial charge on any atom is -0.342 e. The third-order valence-corrected chi connectivity index (χ3v) is 11.6. The number of rotatable bonds is 1. The van der Waals surface area contributed by atoms with Crippen molar-refractivity contribution in [2.24, 2.45) is 7.05 Å². The Morgan fingerprint density at radius 3 is 1.75 bits per heavy atom. The zero-order valence-corrected chi connectivity index (χ0v) is 13.0. The van der Waals surface area contributed by atoms with E-state index in [0.29, 0.717) is 10.1 Å². The van der Waals surface area contributed by atoms with Gasteiger partial charge in [-0.1, -0.05) is 48.1 Å². The molecule has 1 heterocycles. The van der Waals surface area contributed by atoms with Crippen molar-refractivity contribution in [1.29, 1.82) is 0 Å². The molecule has 1 aromatic heterocycles. The Morgan fingerprint density at radius 1 is 1.06 bits per heavy atom. The van der Waals surface area contributed by atoms with E-state index in [2.05, 4.69) is 70.9 Å². The minimum atomic E-state index is -1.67. The summed E-state index contributed by atoms with van der Waals surface area (Å²) in [7, 11) is 0.447. The second kappa shape index (κ2) is 3.72. The van der Waals surface area contributed by atoms with Crippen LogP contribution in [0.5, 0.6) is 0 Å². The summed E-state index contributed by atoms with van der Waals surface area (Å²) >= 11 is 0. The van der Waals surface area contributed by atoms with Crippen molar-refractivity contribution in [3.63, 3.8) is 0 Å². The first-order valence-corrected chi connectivity index (χ1v) is 8.49. The smallest absolute Gasteiger partial charge is 0.139 e. The molecule has 0 radical (unpaired) electrons. The van der Waals surface area contributed by atoms with Crippen molar-refractivity contribution >= 4 is 13.5 Å². The third-order valence-electron chi connectivity index (χ3n) is 4.27. The average molecular weight is 238 g/mol. The lowest BCUT2D eigenvalue weighted by atomic mass is 10.2. The molecule has 0 bridgehead atoms. The third kappa shape index (κ3) is 1.86. The molecular formula is C13H26N2Si. The molecule has 0 saturated carbocycles. The Balaban J connectivity index is 3.45. The van der Waals surface area contributed by atoms with Crippen LogP contribution in [0, 0.1) is 0 Å². The molecule has 2 nitrogen and oxygen atoms in total. The molecule has 0 aliphatic rings. The number of aryl methyl sites for hydroxylation is 1. The van der Waals surface area contributed by atoms with Crippen molar-refractivity contribution in [2.45, 2.75) is 58.2 Å². The highest BCUT2D eigenvalue weighted by Gasteiger charge is 2.52. The number of hydrogen-bond donors (Lipinski definition) is 0. The fourth-order valence-electron chi connectivity index (χ4n) is 2.64. The molecular weight excluding hydrogens is 212 g/mol. The molecule has 0 N–H and O–H groups in total. The Labute approximate surface area is 101 Å². The van der Waals surface area contributed by atoms with Gasteiger partial charge >= 0.3 is 0 Å². The fourth-order valence-corrected chi connectivity index (χ4v) is 7.35. The second-order valence-corrected chi connectivity index (χ2v) is 12.7. The quantitative estimate of drug-likeness (QED) is 0.686. The summed E-state index contributed by atoms with van der Waals surface area (Å²) in [6, 6.07) is 0. The van der Waals surface area contributed by atoms with Gasteiger partial charge in [-0.2, -0.15) is 0 Å². The highest BCUT2D eigenvalue weighted by molar-refractivity contribution is 6.94. The molecule has 0 atom stereocenters. The number of hydrogen-bond acceptors (Lipinski definition) is 1. The van der Waals surface area contributed by atoms with E-state index in [9.17, 15) is 0 Å².